The maximum absolute atomic E-state index is 12.0. The molecule has 106 valence electrons. The van der Waals surface area contributed by atoms with Gasteiger partial charge < -0.3 is 4.74 Å². The molecule has 0 aliphatic carbocycles. The molecule has 1 rings (SSSR count). The van der Waals surface area contributed by atoms with Gasteiger partial charge in [-0.2, -0.15) is 0 Å². The number of halogens is 1. The Labute approximate surface area is 124 Å². The number of unbranched alkanes of at least 4 members (excludes halogenated alkanes) is 4. The third kappa shape index (κ3) is 5.77. The molecule has 2 nitrogen and oxygen atoms in total. The Morgan fingerprint density at radius 1 is 1.16 bits per heavy atom. The van der Waals surface area contributed by atoms with Crippen LogP contribution in [0.5, 0.6) is 5.75 Å². The van der Waals surface area contributed by atoms with Gasteiger partial charge >= 0.3 is 0 Å². The van der Waals surface area contributed by atoms with Crippen LogP contribution in [0.25, 0.3) is 0 Å². The van der Waals surface area contributed by atoms with E-state index < -0.39 is 0 Å². The van der Waals surface area contributed by atoms with Crippen LogP contribution in [0.3, 0.4) is 0 Å². The maximum Gasteiger partial charge on any atom is 0.162 e. The molecule has 1 aromatic rings. The average Bonchev–Trinajstić information content (AvgIpc) is 2.41. The van der Waals surface area contributed by atoms with E-state index >= 15 is 0 Å². The summed E-state index contributed by atoms with van der Waals surface area (Å²) >= 11 is 3.44. The van der Waals surface area contributed by atoms with Crippen LogP contribution in [-0.4, -0.2) is 12.4 Å². The minimum Gasteiger partial charge on any atom is -0.493 e. The third-order valence-electron chi connectivity index (χ3n) is 3.06. The van der Waals surface area contributed by atoms with Gasteiger partial charge in [0, 0.05) is 12.0 Å². The molecule has 0 aromatic heterocycles. The summed E-state index contributed by atoms with van der Waals surface area (Å²) < 4.78 is 6.29. The van der Waals surface area contributed by atoms with Crippen molar-refractivity contribution in [2.24, 2.45) is 0 Å². The van der Waals surface area contributed by atoms with E-state index in [0.717, 1.165) is 28.6 Å². The van der Waals surface area contributed by atoms with Crippen molar-refractivity contribution in [3.8, 4) is 5.75 Å². The molecule has 0 saturated heterocycles. The second-order valence-corrected chi connectivity index (χ2v) is 5.52. The quantitative estimate of drug-likeness (QED) is 0.449. The number of carbonyl (C=O) groups excluding carboxylic acids is 1. The minimum absolute atomic E-state index is 0.222. The fourth-order valence-corrected chi connectivity index (χ4v) is 2.47. The summed E-state index contributed by atoms with van der Waals surface area (Å²) in [5.74, 6) is 1.02. The van der Waals surface area contributed by atoms with Gasteiger partial charge in [0.25, 0.3) is 0 Å². The van der Waals surface area contributed by atoms with Crippen LogP contribution in [0.15, 0.2) is 22.7 Å². The Kier molecular flexibility index (Phi) is 7.80. The Morgan fingerprint density at radius 2 is 1.89 bits per heavy atom. The summed E-state index contributed by atoms with van der Waals surface area (Å²) in [5.41, 5.74) is 0.769. The monoisotopic (exact) mass is 326 g/mol. The predicted octanol–water partition coefficient (Wildman–Crippen LogP) is 5.39. The van der Waals surface area contributed by atoms with E-state index in [9.17, 15) is 4.79 Å². The van der Waals surface area contributed by atoms with Gasteiger partial charge in [0.05, 0.1) is 11.1 Å². The topological polar surface area (TPSA) is 26.3 Å². The largest absolute Gasteiger partial charge is 0.493 e. The summed E-state index contributed by atoms with van der Waals surface area (Å²) in [6.07, 6.45) is 6.52. The average molecular weight is 327 g/mol. The fourth-order valence-electron chi connectivity index (χ4n) is 1.98. The molecule has 0 radical (unpaired) electrons. The zero-order chi connectivity index (χ0) is 14.1. The van der Waals surface area contributed by atoms with Gasteiger partial charge in [-0.05, 0) is 47.5 Å². The Bertz CT molecular complexity index is 402. The van der Waals surface area contributed by atoms with E-state index in [4.69, 9.17) is 4.74 Å². The molecule has 0 spiro atoms. The third-order valence-corrected chi connectivity index (χ3v) is 3.68. The molecule has 0 saturated carbocycles. The second-order valence-electron chi connectivity index (χ2n) is 4.67. The van der Waals surface area contributed by atoms with E-state index in [-0.39, 0.29) is 5.78 Å². The maximum atomic E-state index is 12.0. The number of ketones is 1. The van der Waals surface area contributed by atoms with Crippen LogP contribution in [-0.2, 0) is 0 Å². The minimum atomic E-state index is 0.222. The summed E-state index contributed by atoms with van der Waals surface area (Å²) in [6, 6.07) is 5.57. The lowest BCUT2D eigenvalue weighted by molar-refractivity contribution is 0.0979. The van der Waals surface area contributed by atoms with Crippen molar-refractivity contribution in [1.82, 2.24) is 0 Å². The molecule has 0 fully saturated rings. The number of carbonyl (C=O) groups is 1. The van der Waals surface area contributed by atoms with Gasteiger partial charge in [0.1, 0.15) is 5.75 Å². The van der Waals surface area contributed by atoms with E-state index in [2.05, 4.69) is 22.9 Å². The van der Waals surface area contributed by atoms with Gasteiger partial charge in [-0.25, -0.2) is 0 Å². The number of ether oxygens (including phenoxy) is 1. The first-order valence-corrected chi connectivity index (χ1v) is 7.93. The molecule has 0 bridgehead atoms. The Hall–Kier alpha value is -0.830. The lowest BCUT2D eigenvalue weighted by Crippen LogP contribution is -2.00. The van der Waals surface area contributed by atoms with Crippen LogP contribution in [0.1, 0.15) is 62.7 Å². The highest BCUT2D eigenvalue weighted by molar-refractivity contribution is 9.10. The molecule has 0 N–H and O–H groups in total. The number of hydrogen-bond donors (Lipinski definition) is 0. The zero-order valence-electron chi connectivity index (χ0n) is 11.9. The van der Waals surface area contributed by atoms with E-state index in [1.54, 1.807) is 0 Å². The Morgan fingerprint density at radius 3 is 2.53 bits per heavy atom. The number of Topliss-reactive ketones (excluding diaryl/α,β-unsaturated/α-hetero) is 1. The molecular formula is C16H23BrO2. The first-order valence-electron chi connectivity index (χ1n) is 7.14. The van der Waals surface area contributed by atoms with Gasteiger partial charge in [-0.3, -0.25) is 4.79 Å². The van der Waals surface area contributed by atoms with Gasteiger partial charge in [-0.15, -0.1) is 0 Å². The van der Waals surface area contributed by atoms with Crippen molar-refractivity contribution in [1.29, 1.82) is 0 Å². The molecule has 0 unspecified atom stereocenters. The summed E-state index contributed by atoms with van der Waals surface area (Å²) in [4.78, 5) is 12.0. The lowest BCUT2D eigenvalue weighted by atomic mass is 10.0. The number of hydrogen-bond acceptors (Lipinski definition) is 2. The first kappa shape index (κ1) is 16.2. The molecule has 19 heavy (non-hydrogen) atoms. The van der Waals surface area contributed by atoms with Crippen LogP contribution in [0.4, 0.5) is 0 Å². The van der Waals surface area contributed by atoms with Crippen LogP contribution >= 0.6 is 15.9 Å². The molecule has 0 amide bonds. The highest BCUT2D eigenvalue weighted by atomic mass is 79.9. The smallest absolute Gasteiger partial charge is 0.162 e. The van der Waals surface area contributed by atoms with Crippen molar-refractivity contribution < 1.29 is 9.53 Å². The van der Waals surface area contributed by atoms with Gasteiger partial charge in [0.15, 0.2) is 5.78 Å². The van der Waals surface area contributed by atoms with Crippen molar-refractivity contribution >= 4 is 21.7 Å². The molecule has 3 heteroatoms. The Balaban J connectivity index is 2.46. The van der Waals surface area contributed by atoms with Crippen molar-refractivity contribution in [2.75, 3.05) is 6.61 Å². The molecule has 0 aliphatic heterocycles. The van der Waals surface area contributed by atoms with Crippen LogP contribution in [0, 0.1) is 0 Å². The van der Waals surface area contributed by atoms with Gasteiger partial charge in [-0.1, -0.05) is 32.6 Å². The van der Waals surface area contributed by atoms with Crippen molar-refractivity contribution in [3.05, 3.63) is 28.2 Å². The van der Waals surface area contributed by atoms with E-state index in [0.29, 0.717) is 13.0 Å². The second kappa shape index (κ2) is 9.13. The van der Waals surface area contributed by atoms with Crippen molar-refractivity contribution in [2.45, 2.75) is 52.4 Å². The van der Waals surface area contributed by atoms with Gasteiger partial charge in [0.2, 0.25) is 0 Å². The predicted molar refractivity (Wildman–Crippen MR) is 83.0 cm³/mol. The highest BCUT2D eigenvalue weighted by Gasteiger charge is 2.08. The zero-order valence-corrected chi connectivity index (χ0v) is 13.5. The molecule has 0 atom stereocenters. The van der Waals surface area contributed by atoms with E-state index in [1.807, 2.05) is 25.1 Å². The number of benzene rings is 1. The SMILES string of the molecule is CCCCCCCC(=O)c1ccc(OCC)c(Br)c1. The lowest BCUT2D eigenvalue weighted by Gasteiger charge is -2.07. The van der Waals surface area contributed by atoms with Crippen LogP contribution in [0.2, 0.25) is 0 Å². The number of rotatable bonds is 9. The van der Waals surface area contributed by atoms with Crippen LogP contribution < -0.4 is 4.74 Å². The van der Waals surface area contributed by atoms with E-state index in [1.165, 1.54) is 19.3 Å². The molecular weight excluding hydrogens is 304 g/mol. The first-order chi connectivity index (χ1) is 9.19. The van der Waals surface area contributed by atoms with Crippen molar-refractivity contribution in [3.63, 3.8) is 0 Å². The summed E-state index contributed by atoms with van der Waals surface area (Å²) in [7, 11) is 0. The summed E-state index contributed by atoms with van der Waals surface area (Å²) in [6.45, 7) is 4.77. The summed E-state index contributed by atoms with van der Waals surface area (Å²) in [5, 5.41) is 0. The fraction of sp³-hybridized carbons (Fsp3) is 0.562. The molecule has 0 aliphatic rings. The standard InChI is InChI=1S/C16H23BrO2/c1-3-5-6-7-8-9-15(18)13-10-11-16(19-4-2)14(17)12-13/h10-12H,3-9H2,1-2H3. The molecule has 0 heterocycles. The highest BCUT2D eigenvalue weighted by Crippen LogP contribution is 2.26. The normalized spacial score (nSPS) is 10.5. The molecule has 1 aromatic carbocycles.